The number of nitriles is 1. The minimum atomic E-state index is -0.230. The number of hydrogen-bond donors (Lipinski definition) is 1. The van der Waals surface area contributed by atoms with E-state index in [2.05, 4.69) is 23.5 Å². The van der Waals surface area contributed by atoms with E-state index in [1.165, 1.54) is 11.1 Å². The molecule has 4 nitrogen and oxygen atoms in total. The molecule has 1 fully saturated rings. The van der Waals surface area contributed by atoms with Crippen molar-refractivity contribution in [3.05, 3.63) is 35.4 Å². The monoisotopic (exact) mass is 255 g/mol. The minimum Gasteiger partial charge on any atom is -0.325 e. The number of amides is 1. The number of benzene rings is 1. The van der Waals surface area contributed by atoms with Gasteiger partial charge in [0, 0.05) is 13.1 Å². The van der Waals surface area contributed by atoms with Gasteiger partial charge in [0.05, 0.1) is 12.1 Å². The Hall–Kier alpha value is -1.86. The van der Waals surface area contributed by atoms with Crippen LogP contribution in [-0.4, -0.2) is 29.4 Å². The summed E-state index contributed by atoms with van der Waals surface area (Å²) in [5.41, 5.74) is 2.51. The molecule has 2 aliphatic rings. The van der Waals surface area contributed by atoms with Crippen LogP contribution in [0, 0.1) is 11.3 Å². The molecule has 3 rings (SSSR count). The summed E-state index contributed by atoms with van der Waals surface area (Å²) in [6, 6.07) is 10.0. The van der Waals surface area contributed by atoms with Crippen molar-refractivity contribution >= 4 is 5.91 Å². The Labute approximate surface area is 113 Å². The lowest BCUT2D eigenvalue weighted by atomic mass is 9.95. The maximum Gasteiger partial charge on any atom is 0.241 e. The number of fused-ring (bicyclic) bond motifs is 1. The SMILES string of the molecule is N#C[C@@H]1CCCN1C(=O)[C@@H]1Cc2ccccc2CN1. The molecular formula is C15H17N3O. The highest BCUT2D eigenvalue weighted by Gasteiger charge is 2.34. The van der Waals surface area contributed by atoms with Gasteiger partial charge in [0.1, 0.15) is 6.04 Å². The Balaban J connectivity index is 1.75. The van der Waals surface area contributed by atoms with Gasteiger partial charge in [0.2, 0.25) is 5.91 Å². The van der Waals surface area contributed by atoms with Crippen molar-refractivity contribution in [3.63, 3.8) is 0 Å². The second-order valence-corrected chi connectivity index (χ2v) is 5.23. The van der Waals surface area contributed by atoms with Gasteiger partial charge in [-0.1, -0.05) is 24.3 Å². The molecule has 2 heterocycles. The van der Waals surface area contributed by atoms with Gasteiger partial charge in [-0.15, -0.1) is 0 Å². The highest BCUT2D eigenvalue weighted by atomic mass is 16.2. The molecule has 1 amide bonds. The standard InChI is InChI=1S/C15H17N3O/c16-9-13-6-3-7-18(13)15(19)14-8-11-4-1-2-5-12(11)10-17-14/h1-2,4-5,13-14,17H,3,6-8,10H2/t13-,14-/m0/s1. The Morgan fingerprint density at radius 3 is 2.95 bits per heavy atom. The predicted molar refractivity (Wildman–Crippen MR) is 71.1 cm³/mol. The van der Waals surface area contributed by atoms with Crippen LogP contribution in [-0.2, 0) is 17.8 Å². The number of carbonyl (C=O) groups excluding carboxylic acids is 1. The number of likely N-dealkylation sites (tertiary alicyclic amines) is 1. The molecule has 1 aromatic rings. The van der Waals surface area contributed by atoms with Crippen molar-refractivity contribution in [2.24, 2.45) is 0 Å². The van der Waals surface area contributed by atoms with E-state index < -0.39 is 0 Å². The second-order valence-electron chi connectivity index (χ2n) is 5.23. The first-order valence-corrected chi connectivity index (χ1v) is 6.80. The van der Waals surface area contributed by atoms with E-state index in [1.807, 2.05) is 12.1 Å². The van der Waals surface area contributed by atoms with Crippen molar-refractivity contribution in [2.45, 2.75) is 37.9 Å². The quantitative estimate of drug-likeness (QED) is 0.820. The van der Waals surface area contributed by atoms with Crippen molar-refractivity contribution in [1.29, 1.82) is 5.26 Å². The van der Waals surface area contributed by atoms with Crippen molar-refractivity contribution in [2.75, 3.05) is 6.54 Å². The van der Waals surface area contributed by atoms with E-state index >= 15 is 0 Å². The first-order chi connectivity index (χ1) is 9.29. The lowest BCUT2D eigenvalue weighted by Crippen LogP contribution is -2.50. The molecule has 0 aromatic heterocycles. The van der Waals surface area contributed by atoms with Gasteiger partial charge in [-0.2, -0.15) is 5.26 Å². The van der Waals surface area contributed by atoms with E-state index in [4.69, 9.17) is 5.26 Å². The number of rotatable bonds is 1. The van der Waals surface area contributed by atoms with Crippen molar-refractivity contribution in [1.82, 2.24) is 10.2 Å². The molecule has 0 bridgehead atoms. The van der Waals surface area contributed by atoms with Gasteiger partial charge >= 0.3 is 0 Å². The first kappa shape index (κ1) is 12.2. The fourth-order valence-electron chi connectivity index (χ4n) is 2.99. The molecule has 19 heavy (non-hydrogen) atoms. The van der Waals surface area contributed by atoms with E-state index in [0.29, 0.717) is 0 Å². The molecule has 0 aliphatic carbocycles. The van der Waals surface area contributed by atoms with E-state index in [-0.39, 0.29) is 18.0 Å². The van der Waals surface area contributed by atoms with Gasteiger partial charge in [-0.25, -0.2) is 0 Å². The average molecular weight is 255 g/mol. The van der Waals surface area contributed by atoms with Crippen LogP contribution in [0.4, 0.5) is 0 Å². The van der Waals surface area contributed by atoms with E-state index in [1.54, 1.807) is 4.90 Å². The summed E-state index contributed by atoms with van der Waals surface area (Å²) in [7, 11) is 0. The van der Waals surface area contributed by atoms with Gasteiger partial charge in [-0.05, 0) is 30.4 Å². The maximum atomic E-state index is 12.5. The third-order valence-corrected chi connectivity index (χ3v) is 4.06. The highest BCUT2D eigenvalue weighted by Crippen LogP contribution is 2.21. The van der Waals surface area contributed by atoms with Crippen molar-refractivity contribution in [3.8, 4) is 6.07 Å². The van der Waals surface area contributed by atoms with E-state index in [0.717, 1.165) is 32.4 Å². The molecule has 1 saturated heterocycles. The summed E-state index contributed by atoms with van der Waals surface area (Å²) in [5.74, 6) is 0.0820. The average Bonchev–Trinajstić information content (AvgIpc) is 2.94. The Morgan fingerprint density at radius 1 is 1.37 bits per heavy atom. The van der Waals surface area contributed by atoms with Crippen LogP contribution in [0.15, 0.2) is 24.3 Å². The number of nitrogens with zero attached hydrogens (tertiary/aromatic N) is 2. The van der Waals surface area contributed by atoms with Crippen LogP contribution >= 0.6 is 0 Å². The van der Waals surface area contributed by atoms with Gasteiger partial charge in [-0.3, -0.25) is 4.79 Å². The molecule has 0 radical (unpaired) electrons. The zero-order valence-electron chi connectivity index (χ0n) is 10.8. The molecule has 1 aromatic carbocycles. The van der Waals surface area contributed by atoms with E-state index in [9.17, 15) is 4.79 Å². The Bertz CT molecular complexity index is 534. The highest BCUT2D eigenvalue weighted by molar-refractivity contribution is 5.83. The largest absolute Gasteiger partial charge is 0.325 e. The summed E-state index contributed by atoms with van der Waals surface area (Å²) >= 11 is 0. The molecule has 4 heteroatoms. The summed E-state index contributed by atoms with van der Waals surface area (Å²) in [6.07, 6.45) is 2.47. The third-order valence-electron chi connectivity index (χ3n) is 4.06. The molecule has 1 N–H and O–H groups in total. The smallest absolute Gasteiger partial charge is 0.241 e. The summed E-state index contributed by atoms with van der Waals surface area (Å²) in [4.78, 5) is 14.2. The lowest BCUT2D eigenvalue weighted by Gasteiger charge is -2.30. The molecule has 0 unspecified atom stereocenters. The van der Waals surface area contributed by atoms with Crippen LogP contribution in [0.2, 0.25) is 0 Å². The van der Waals surface area contributed by atoms with Crippen LogP contribution in [0.25, 0.3) is 0 Å². The van der Waals surface area contributed by atoms with Gasteiger partial charge < -0.3 is 10.2 Å². The molecule has 2 atom stereocenters. The van der Waals surface area contributed by atoms with Crippen LogP contribution < -0.4 is 5.32 Å². The van der Waals surface area contributed by atoms with Crippen LogP contribution in [0.1, 0.15) is 24.0 Å². The predicted octanol–water partition coefficient (Wildman–Crippen LogP) is 1.22. The molecule has 0 saturated carbocycles. The fourth-order valence-corrected chi connectivity index (χ4v) is 2.99. The number of nitrogens with one attached hydrogen (secondary N) is 1. The zero-order chi connectivity index (χ0) is 13.2. The summed E-state index contributed by atoms with van der Waals surface area (Å²) in [5, 5.41) is 12.4. The fraction of sp³-hybridized carbons (Fsp3) is 0.467. The number of carbonyl (C=O) groups is 1. The minimum absolute atomic E-state index is 0.0820. The molecule has 2 aliphatic heterocycles. The lowest BCUT2D eigenvalue weighted by molar-refractivity contribution is -0.133. The molecule has 0 spiro atoms. The van der Waals surface area contributed by atoms with Gasteiger partial charge in [0.25, 0.3) is 0 Å². The summed E-state index contributed by atoms with van der Waals surface area (Å²) < 4.78 is 0. The molecular weight excluding hydrogens is 238 g/mol. The first-order valence-electron chi connectivity index (χ1n) is 6.80. The zero-order valence-corrected chi connectivity index (χ0v) is 10.8. The van der Waals surface area contributed by atoms with Crippen LogP contribution in [0.3, 0.4) is 0 Å². The Morgan fingerprint density at radius 2 is 2.16 bits per heavy atom. The second kappa shape index (κ2) is 5.02. The Kier molecular flexibility index (Phi) is 3.22. The topological polar surface area (TPSA) is 56.1 Å². The summed E-state index contributed by atoms with van der Waals surface area (Å²) in [6.45, 7) is 1.45. The van der Waals surface area contributed by atoms with Crippen molar-refractivity contribution < 1.29 is 4.79 Å². The number of hydrogen-bond acceptors (Lipinski definition) is 3. The molecule has 98 valence electrons. The maximum absolute atomic E-state index is 12.5. The van der Waals surface area contributed by atoms with Gasteiger partial charge in [0.15, 0.2) is 0 Å². The normalized spacial score (nSPS) is 25.7. The third kappa shape index (κ3) is 2.22. The van der Waals surface area contributed by atoms with Crippen LogP contribution in [0.5, 0.6) is 0 Å².